The van der Waals surface area contributed by atoms with Crippen molar-refractivity contribution < 1.29 is 0 Å². The van der Waals surface area contributed by atoms with Gasteiger partial charge in [-0.15, -0.1) is 0 Å². The Balaban J connectivity index is 3.74. The van der Waals surface area contributed by atoms with Gasteiger partial charge < -0.3 is 5.32 Å². The highest BCUT2D eigenvalue weighted by molar-refractivity contribution is 7.19. The Labute approximate surface area is 94.6 Å². The van der Waals surface area contributed by atoms with Gasteiger partial charge in [-0.05, 0) is 25.4 Å². The van der Waals surface area contributed by atoms with E-state index in [-0.39, 0.29) is 0 Å². The van der Waals surface area contributed by atoms with Gasteiger partial charge in [-0.1, -0.05) is 38.6 Å². The van der Waals surface area contributed by atoms with E-state index < -0.39 is 7.38 Å². The summed E-state index contributed by atoms with van der Waals surface area (Å²) in [5, 5.41) is 3.42. The lowest BCUT2D eigenvalue weighted by atomic mass is 10.1. The van der Waals surface area contributed by atoms with Crippen molar-refractivity contribution in [2.75, 3.05) is 13.1 Å². The van der Waals surface area contributed by atoms with Gasteiger partial charge in [0.2, 0.25) is 0 Å². The topological polar surface area (TPSA) is 12.0 Å². The highest BCUT2D eigenvalue weighted by Crippen LogP contribution is 2.22. The summed E-state index contributed by atoms with van der Waals surface area (Å²) >= 11 is 6.34. The Kier molecular flexibility index (Phi) is 6.74. The van der Waals surface area contributed by atoms with Crippen LogP contribution >= 0.6 is 11.1 Å². The molecule has 0 rings (SSSR count). The average Bonchev–Trinajstić information content (AvgIpc) is 1.99. The zero-order valence-corrected chi connectivity index (χ0v) is 11.7. The maximum Gasteiger partial charge on any atom is 0.150 e. The summed E-state index contributed by atoms with van der Waals surface area (Å²) in [4.78, 5) is 0. The molecule has 84 valence electrons. The summed E-state index contributed by atoms with van der Waals surface area (Å²) in [5.41, 5.74) is 1.20. The van der Waals surface area contributed by atoms with E-state index in [9.17, 15) is 0 Å². The molecule has 1 atom stereocenters. The lowest BCUT2D eigenvalue weighted by Gasteiger charge is -2.21. The minimum absolute atomic E-state index is 0.730. The molecule has 0 bridgehead atoms. The summed E-state index contributed by atoms with van der Waals surface area (Å²) in [6.45, 7) is 14.6. The molecule has 0 aliphatic carbocycles. The molecule has 0 heterocycles. The van der Waals surface area contributed by atoms with E-state index in [1.807, 2.05) is 6.92 Å². The molecule has 0 aliphatic rings. The smallest absolute Gasteiger partial charge is 0.150 e. The van der Waals surface area contributed by atoms with E-state index in [4.69, 9.17) is 11.1 Å². The van der Waals surface area contributed by atoms with Crippen LogP contribution in [0.4, 0.5) is 0 Å². The summed E-state index contributed by atoms with van der Waals surface area (Å²) in [5.74, 6) is 0.730. The minimum Gasteiger partial charge on any atom is -0.313 e. The molecule has 0 saturated carbocycles. The van der Waals surface area contributed by atoms with Crippen LogP contribution in [0, 0.1) is 5.92 Å². The first-order valence-electron chi connectivity index (χ1n) is 5.39. The highest BCUT2D eigenvalue weighted by Gasteiger charge is 2.21. The van der Waals surface area contributed by atoms with E-state index in [2.05, 4.69) is 31.9 Å². The Morgan fingerprint density at radius 3 is 2.43 bits per heavy atom. The fraction of sp³-hybridized carbons (Fsp3) is 0.818. The molecule has 0 aromatic rings. The van der Waals surface area contributed by atoms with Gasteiger partial charge in [-0.2, -0.15) is 11.1 Å². The van der Waals surface area contributed by atoms with Gasteiger partial charge in [0, 0.05) is 6.54 Å². The number of halogens is 1. The van der Waals surface area contributed by atoms with Crippen LogP contribution in [0.2, 0.25) is 19.1 Å². The molecule has 0 spiro atoms. The standard InChI is InChI=1S/C11H24ClNSi/c1-6-11(9-14(4,5)12)8-13-7-10(2)3/h11,13H,2,6-9H2,1,3-5H3. The molecule has 0 amide bonds. The largest absolute Gasteiger partial charge is 0.313 e. The molecule has 14 heavy (non-hydrogen) atoms. The third-order valence-electron chi connectivity index (χ3n) is 2.21. The monoisotopic (exact) mass is 233 g/mol. The second-order valence-electron chi connectivity index (χ2n) is 4.79. The summed E-state index contributed by atoms with van der Waals surface area (Å²) in [6, 6.07) is 1.20. The van der Waals surface area contributed by atoms with Crippen LogP contribution in [-0.4, -0.2) is 20.5 Å². The molecule has 1 unspecified atom stereocenters. The third-order valence-corrected chi connectivity index (χ3v) is 4.22. The maximum absolute atomic E-state index is 6.34. The summed E-state index contributed by atoms with van der Waals surface area (Å²) in [7, 11) is -1.41. The van der Waals surface area contributed by atoms with E-state index in [1.54, 1.807) is 0 Å². The summed E-state index contributed by atoms with van der Waals surface area (Å²) in [6.07, 6.45) is 1.21. The van der Waals surface area contributed by atoms with Crippen molar-refractivity contribution in [3.63, 3.8) is 0 Å². The number of hydrogen-bond donors (Lipinski definition) is 1. The van der Waals surface area contributed by atoms with Crippen molar-refractivity contribution in [1.29, 1.82) is 0 Å². The SMILES string of the molecule is C=C(C)CNCC(CC)C[Si](C)(C)Cl. The molecule has 0 saturated heterocycles. The predicted octanol–water partition coefficient (Wildman–Crippen LogP) is 3.62. The van der Waals surface area contributed by atoms with Crippen molar-refractivity contribution in [2.24, 2.45) is 5.92 Å². The molecule has 0 aliphatic heterocycles. The predicted molar refractivity (Wildman–Crippen MR) is 69.6 cm³/mol. The molecular weight excluding hydrogens is 210 g/mol. The van der Waals surface area contributed by atoms with Crippen molar-refractivity contribution in [1.82, 2.24) is 5.32 Å². The third kappa shape index (κ3) is 8.79. The fourth-order valence-electron chi connectivity index (χ4n) is 1.54. The van der Waals surface area contributed by atoms with Crippen LogP contribution in [0.25, 0.3) is 0 Å². The molecule has 0 aromatic carbocycles. The maximum atomic E-state index is 6.34. The Morgan fingerprint density at radius 2 is 2.07 bits per heavy atom. The zero-order valence-electron chi connectivity index (χ0n) is 9.99. The van der Waals surface area contributed by atoms with Crippen LogP contribution in [-0.2, 0) is 0 Å². The quantitative estimate of drug-likeness (QED) is 0.402. The van der Waals surface area contributed by atoms with Crippen LogP contribution in [0.15, 0.2) is 12.2 Å². The zero-order chi connectivity index (χ0) is 11.2. The van der Waals surface area contributed by atoms with Crippen LogP contribution in [0.3, 0.4) is 0 Å². The minimum atomic E-state index is -1.41. The highest BCUT2D eigenvalue weighted by atomic mass is 35.6. The van der Waals surface area contributed by atoms with Crippen molar-refractivity contribution in [3.8, 4) is 0 Å². The molecular formula is C11H24ClNSi. The molecule has 1 nitrogen and oxygen atoms in total. The van der Waals surface area contributed by atoms with Crippen molar-refractivity contribution >= 4 is 18.5 Å². The molecule has 0 fully saturated rings. The van der Waals surface area contributed by atoms with E-state index in [0.717, 1.165) is 19.0 Å². The van der Waals surface area contributed by atoms with E-state index in [0.29, 0.717) is 0 Å². The van der Waals surface area contributed by atoms with Gasteiger partial charge in [-0.3, -0.25) is 0 Å². The molecule has 0 radical (unpaired) electrons. The first kappa shape index (κ1) is 14.2. The Bertz CT molecular complexity index is 175. The van der Waals surface area contributed by atoms with Gasteiger partial charge in [-0.25, -0.2) is 0 Å². The first-order valence-corrected chi connectivity index (χ1v) is 9.61. The number of rotatable bonds is 7. The van der Waals surface area contributed by atoms with Crippen molar-refractivity contribution in [2.45, 2.75) is 39.4 Å². The second kappa shape index (κ2) is 6.65. The molecule has 3 heteroatoms. The Hall–Kier alpha value is 0.207. The fourth-order valence-corrected chi connectivity index (χ4v) is 4.00. The first-order chi connectivity index (χ1) is 6.35. The Morgan fingerprint density at radius 1 is 1.50 bits per heavy atom. The summed E-state index contributed by atoms with van der Waals surface area (Å²) < 4.78 is 0. The van der Waals surface area contributed by atoms with E-state index in [1.165, 1.54) is 18.0 Å². The van der Waals surface area contributed by atoms with Gasteiger partial charge in [0.25, 0.3) is 0 Å². The van der Waals surface area contributed by atoms with Crippen LogP contribution in [0.1, 0.15) is 20.3 Å². The lowest BCUT2D eigenvalue weighted by Crippen LogP contribution is -2.29. The number of nitrogens with one attached hydrogen (secondary N) is 1. The van der Waals surface area contributed by atoms with E-state index >= 15 is 0 Å². The van der Waals surface area contributed by atoms with Crippen molar-refractivity contribution in [3.05, 3.63) is 12.2 Å². The molecule has 1 N–H and O–H groups in total. The van der Waals surface area contributed by atoms with Gasteiger partial charge in [0.05, 0.1) is 0 Å². The second-order valence-corrected chi connectivity index (χ2v) is 11.7. The van der Waals surface area contributed by atoms with Gasteiger partial charge >= 0.3 is 0 Å². The van der Waals surface area contributed by atoms with Crippen LogP contribution in [0.5, 0.6) is 0 Å². The number of hydrogen-bond acceptors (Lipinski definition) is 1. The van der Waals surface area contributed by atoms with Gasteiger partial charge in [0.1, 0.15) is 0 Å². The van der Waals surface area contributed by atoms with Gasteiger partial charge in [0.15, 0.2) is 7.38 Å². The normalized spacial score (nSPS) is 14.1. The average molecular weight is 234 g/mol. The van der Waals surface area contributed by atoms with Crippen LogP contribution < -0.4 is 5.32 Å². The lowest BCUT2D eigenvalue weighted by molar-refractivity contribution is 0.509. The molecule has 0 aromatic heterocycles.